The van der Waals surface area contributed by atoms with Crippen LogP contribution in [0.3, 0.4) is 0 Å². The molecule has 2 aromatic rings. The largest absolute Gasteiger partial charge is 0.292 e. The van der Waals surface area contributed by atoms with Gasteiger partial charge in [-0.15, -0.1) is 0 Å². The van der Waals surface area contributed by atoms with Crippen LogP contribution in [-0.4, -0.2) is 62.5 Å². The molecule has 0 atom stereocenters. The van der Waals surface area contributed by atoms with Crippen LogP contribution in [-0.2, 0) is 14.8 Å². The maximum Gasteiger partial charge on any atom is 0.254 e. The van der Waals surface area contributed by atoms with Gasteiger partial charge >= 0.3 is 0 Å². The quantitative estimate of drug-likeness (QED) is 0.489. The fourth-order valence-corrected chi connectivity index (χ4v) is 4.75. The van der Waals surface area contributed by atoms with Crippen molar-refractivity contribution in [1.82, 2.24) is 14.6 Å². The Kier molecular flexibility index (Phi) is 7.42. The Morgan fingerprint density at radius 2 is 1.76 bits per heavy atom. The van der Waals surface area contributed by atoms with Crippen molar-refractivity contribution in [3.8, 4) is 0 Å². The molecular weight excluding hydrogens is 480 g/mol. The molecule has 2 aromatic carbocycles. The molecule has 1 aliphatic heterocycles. The molecule has 1 amide bonds. The minimum atomic E-state index is -3.53. The topological polar surface area (TPSA) is 82.1 Å². The number of nitrogens with one attached hydrogen (secondary N) is 1. The predicted octanol–water partition coefficient (Wildman–Crippen LogP) is 2.56. The molecule has 1 fully saturated rings. The molecule has 0 aromatic heterocycles. The van der Waals surface area contributed by atoms with Crippen LogP contribution in [0.15, 0.2) is 63.0 Å². The smallest absolute Gasteiger partial charge is 0.254 e. The molecule has 1 aliphatic rings. The molecule has 0 radical (unpaired) electrons. The first-order valence-corrected chi connectivity index (χ1v) is 11.5. The summed E-state index contributed by atoms with van der Waals surface area (Å²) in [4.78, 5) is 14.2. The summed E-state index contributed by atoms with van der Waals surface area (Å²) in [7, 11) is -3.53. The van der Waals surface area contributed by atoms with Crippen LogP contribution in [0.5, 0.6) is 0 Å². The van der Waals surface area contributed by atoms with Gasteiger partial charge in [0.2, 0.25) is 10.0 Å². The van der Waals surface area contributed by atoms with Crippen molar-refractivity contribution in [3.63, 3.8) is 0 Å². The lowest BCUT2D eigenvalue weighted by atomic mass is 10.2. The summed E-state index contributed by atoms with van der Waals surface area (Å²) in [6.45, 7) is 1.74. The molecule has 0 aliphatic carbocycles. The van der Waals surface area contributed by atoms with Crippen molar-refractivity contribution in [3.05, 3.63) is 63.6 Å². The van der Waals surface area contributed by atoms with Gasteiger partial charge in [0, 0.05) is 41.2 Å². The number of carbonyl (C=O) groups is 1. The van der Waals surface area contributed by atoms with Crippen LogP contribution in [0.2, 0.25) is 5.02 Å². The lowest BCUT2D eigenvalue weighted by Gasteiger charge is -2.33. The number of nitrogens with zero attached hydrogens (tertiary/aromatic N) is 3. The summed E-state index contributed by atoms with van der Waals surface area (Å²) in [5.74, 6) is -0.266. The van der Waals surface area contributed by atoms with Gasteiger partial charge in [0.05, 0.1) is 17.7 Å². The van der Waals surface area contributed by atoms with Crippen molar-refractivity contribution in [2.45, 2.75) is 4.90 Å². The van der Waals surface area contributed by atoms with Gasteiger partial charge in [-0.3, -0.25) is 9.69 Å². The van der Waals surface area contributed by atoms with E-state index in [1.54, 1.807) is 36.4 Å². The normalized spacial score (nSPS) is 16.2. The second-order valence-corrected chi connectivity index (χ2v) is 9.71. The zero-order chi connectivity index (χ0) is 20.9. The molecule has 0 spiro atoms. The van der Waals surface area contributed by atoms with Gasteiger partial charge < -0.3 is 0 Å². The number of piperazine rings is 1. The second kappa shape index (κ2) is 9.82. The Bertz CT molecular complexity index is 991. The van der Waals surface area contributed by atoms with Gasteiger partial charge in [-0.05, 0) is 30.3 Å². The number of hydrogen-bond donors (Lipinski definition) is 1. The number of halogens is 2. The van der Waals surface area contributed by atoms with E-state index in [1.807, 2.05) is 17.0 Å². The first-order valence-electron chi connectivity index (χ1n) is 8.91. The zero-order valence-electron chi connectivity index (χ0n) is 15.5. The number of rotatable bonds is 6. The predicted molar refractivity (Wildman–Crippen MR) is 117 cm³/mol. The zero-order valence-corrected chi connectivity index (χ0v) is 18.6. The number of benzene rings is 2. The van der Waals surface area contributed by atoms with E-state index < -0.39 is 10.0 Å². The van der Waals surface area contributed by atoms with Crippen molar-refractivity contribution < 1.29 is 13.2 Å². The second-order valence-electron chi connectivity index (χ2n) is 6.45. The molecule has 3 rings (SSSR count). The third kappa shape index (κ3) is 5.86. The average molecular weight is 500 g/mol. The Hall–Kier alpha value is -1.78. The van der Waals surface area contributed by atoms with E-state index in [1.165, 1.54) is 10.5 Å². The summed E-state index contributed by atoms with van der Waals surface area (Å²) in [6, 6.07) is 13.8. The first kappa shape index (κ1) is 21.9. The maximum absolute atomic E-state index is 12.7. The van der Waals surface area contributed by atoms with Crippen LogP contribution in [0.1, 0.15) is 5.56 Å². The molecule has 0 unspecified atom stereocenters. The number of sulfonamides is 1. The molecule has 1 saturated heterocycles. The summed E-state index contributed by atoms with van der Waals surface area (Å²) >= 11 is 9.33. The summed E-state index contributed by atoms with van der Waals surface area (Å²) < 4.78 is 27.7. The summed E-state index contributed by atoms with van der Waals surface area (Å²) in [5, 5.41) is 4.47. The Morgan fingerprint density at radius 3 is 2.41 bits per heavy atom. The lowest BCUT2D eigenvalue weighted by molar-refractivity contribution is -0.122. The van der Waals surface area contributed by atoms with E-state index in [0.29, 0.717) is 36.8 Å². The van der Waals surface area contributed by atoms with Crippen LogP contribution in [0, 0.1) is 0 Å². The highest BCUT2D eigenvalue weighted by molar-refractivity contribution is 9.10. The Balaban J connectivity index is 1.48. The van der Waals surface area contributed by atoms with Gasteiger partial charge in [0.1, 0.15) is 0 Å². The van der Waals surface area contributed by atoms with E-state index in [0.717, 1.165) is 4.47 Å². The molecule has 1 N–H and O–H groups in total. The van der Waals surface area contributed by atoms with Crippen molar-refractivity contribution in [2.24, 2.45) is 5.10 Å². The number of amides is 1. The van der Waals surface area contributed by atoms with Crippen molar-refractivity contribution >= 4 is 49.7 Å². The van der Waals surface area contributed by atoms with Crippen LogP contribution < -0.4 is 5.43 Å². The third-order valence-electron chi connectivity index (χ3n) is 4.45. The number of hydrogen-bond acceptors (Lipinski definition) is 5. The average Bonchev–Trinajstić information content (AvgIpc) is 2.70. The molecule has 154 valence electrons. The highest BCUT2D eigenvalue weighted by Gasteiger charge is 2.28. The fraction of sp³-hybridized carbons (Fsp3) is 0.263. The Morgan fingerprint density at radius 1 is 1.10 bits per heavy atom. The van der Waals surface area contributed by atoms with E-state index in [2.05, 4.69) is 26.5 Å². The van der Waals surface area contributed by atoms with Gasteiger partial charge in [0.25, 0.3) is 5.91 Å². The van der Waals surface area contributed by atoms with Gasteiger partial charge in [0.15, 0.2) is 0 Å². The van der Waals surface area contributed by atoms with E-state index in [-0.39, 0.29) is 17.3 Å². The van der Waals surface area contributed by atoms with E-state index in [4.69, 9.17) is 11.6 Å². The standard InChI is InChI=1S/C19H20BrClN4O3S/c20-16-5-7-17(8-6-16)29(27,28)25-11-9-24(10-12-25)14-19(26)23-22-13-15-3-1-2-4-18(15)21/h1-8,13H,9-12,14H2,(H,23,26)/b22-13-. The van der Waals surface area contributed by atoms with Crippen LogP contribution in [0.25, 0.3) is 0 Å². The number of carbonyl (C=O) groups excluding carboxylic acids is 1. The van der Waals surface area contributed by atoms with Crippen molar-refractivity contribution in [1.29, 1.82) is 0 Å². The maximum atomic E-state index is 12.7. The van der Waals surface area contributed by atoms with Crippen LogP contribution in [0.4, 0.5) is 0 Å². The van der Waals surface area contributed by atoms with Gasteiger partial charge in [-0.1, -0.05) is 45.7 Å². The minimum Gasteiger partial charge on any atom is -0.292 e. The molecule has 1 heterocycles. The summed E-state index contributed by atoms with van der Waals surface area (Å²) in [6.07, 6.45) is 1.49. The highest BCUT2D eigenvalue weighted by Crippen LogP contribution is 2.20. The third-order valence-corrected chi connectivity index (χ3v) is 7.23. The molecule has 10 heteroatoms. The van der Waals surface area contributed by atoms with Gasteiger partial charge in [-0.2, -0.15) is 9.41 Å². The monoisotopic (exact) mass is 498 g/mol. The number of hydrazone groups is 1. The molecule has 7 nitrogen and oxygen atoms in total. The van der Waals surface area contributed by atoms with Gasteiger partial charge in [-0.25, -0.2) is 13.8 Å². The van der Waals surface area contributed by atoms with Crippen molar-refractivity contribution in [2.75, 3.05) is 32.7 Å². The van der Waals surface area contributed by atoms with E-state index >= 15 is 0 Å². The minimum absolute atomic E-state index is 0.145. The van der Waals surface area contributed by atoms with E-state index in [9.17, 15) is 13.2 Å². The fourth-order valence-electron chi connectivity index (χ4n) is 2.88. The molecule has 29 heavy (non-hydrogen) atoms. The molecular formula is C19H20BrClN4O3S. The molecule has 0 saturated carbocycles. The Labute approximate surface area is 183 Å². The highest BCUT2D eigenvalue weighted by atomic mass is 79.9. The lowest BCUT2D eigenvalue weighted by Crippen LogP contribution is -2.50. The SMILES string of the molecule is O=C(CN1CCN(S(=O)(=O)c2ccc(Br)cc2)CC1)N/N=C\c1ccccc1Cl. The summed E-state index contributed by atoms with van der Waals surface area (Å²) in [5.41, 5.74) is 3.18. The first-order chi connectivity index (χ1) is 13.9. The van der Waals surface area contributed by atoms with Crippen LogP contribution >= 0.6 is 27.5 Å². The molecule has 0 bridgehead atoms.